The van der Waals surface area contributed by atoms with Crippen molar-refractivity contribution in [3.63, 3.8) is 0 Å². The molecule has 1 saturated heterocycles. The van der Waals surface area contributed by atoms with Crippen molar-refractivity contribution in [2.24, 2.45) is 0 Å². The summed E-state index contributed by atoms with van der Waals surface area (Å²) in [4.78, 5) is 0. The second-order valence-corrected chi connectivity index (χ2v) is 9.66. The standard InChI is InChI=1S/C19H40O5Si/c1-5-8-12-22-25(23-13-9-6-2,24-14-10-7-3)15-11-18(4)20-16-19-17-21-19/h18-19H,5-17H2,1-4H3. The monoisotopic (exact) mass is 376 g/mol. The molecule has 0 aromatic rings. The molecule has 0 aromatic carbocycles. The van der Waals surface area contributed by atoms with Crippen LogP contribution in [0.2, 0.25) is 6.04 Å². The lowest BCUT2D eigenvalue weighted by Gasteiger charge is -2.31. The van der Waals surface area contributed by atoms with Crippen LogP contribution in [0.4, 0.5) is 0 Å². The molecule has 1 aliphatic heterocycles. The SMILES string of the molecule is CCCCO[Si](CCC(C)OCC1CO1)(OCCCC)OCCCC. The Kier molecular flexibility index (Phi) is 13.0. The molecule has 0 saturated carbocycles. The van der Waals surface area contributed by atoms with Crippen LogP contribution in [0.3, 0.4) is 0 Å². The Morgan fingerprint density at radius 3 is 1.80 bits per heavy atom. The van der Waals surface area contributed by atoms with Crippen LogP contribution in [-0.2, 0) is 22.8 Å². The van der Waals surface area contributed by atoms with Gasteiger partial charge in [-0.05, 0) is 32.6 Å². The van der Waals surface area contributed by atoms with Crippen molar-refractivity contribution in [1.82, 2.24) is 0 Å². The molecular formula is C19H40O5Si. The predicted molar refractivity (Wildman–Crippen MR) is 103 cm³/mol. The van der Waals surface area contributed by atoms with Gasteiger partial charge in [0.25, 0.3) is 0 Å². The highest BCUT2D eigenvalue weighted by Gasteiger charge is 2.41. The van der Waals surface area contributed by atoms with E-state index >= 15 is 0 Å². The Bertz CT molecular complexity index is 286. The summed E-state index contributed by atoms with van der Waals surface area (Å²) in [5.41, 5.74) is 0. The Morgan fingerprint density at radius 2 is 1.40 bits per heavy atom. The van der Waals surface area contributed by atoms with Crippen molar-refractivity contribution in [2.75, 3.05) is 33.0 Å². The lowest BCUT2D eigenvalue weighted by atomic mass is 10.3. The van der Waals surface area contributed by atoms with Gasteiger partial charge in [0, 0.05) is 25.9 Å². The number of rotatable bonds is 18. The molecule has 5 nitrogen and oxygen atoms in total. The third kappa shape index (κ3) is 11.4. The molecule has 0 radical (unpaired) electrons. The van der Waals surface area contributed by atoms with Gasteiger partial charge >= 0.3 is 8.80 Å². The minimum atomic E-state index is -2.62. The van der Waals surface area contributed by atoms with Crippen molar-refractivity contribution in [3.8, 4) is 0 Å². The summed E-state index contributed by atoms with van der Waals surface area (Å²) < 4.78 is 29.9. The first-order valence-electron chi connectivity index (χ1n) is 10.3. The van der Waals surface area contributed by atoms with Gasteiger partial charge in [0.2, 0.25) is 0 Å². The molecule has 0 aliphatic carbocycles. The maximum absolute atomic E-state index is 6.27. The van der Waals surface area contributed by atoms with Crippen LogP contribution in [-0.4, -0.2) is 54.0 Å². The molecule has 0 spiro atoms. The van der Waals surface area contributed by atoms with Gasteiger partial charge in [-0.15, -0.1) is 0 Å². The lowest BCUT2D eigenvalue weighted by Crippen LogP contribution is -2.47. The van der Waals surface area contributed by atoms with Crippen LogP contribution < -0.4 is 0 Å². The maximum atomic E-state index is 6.27. The predicted octanol–water partition coefficient (Wildman–Crippen LogP) is 4.57. The highest BCUT2D eigenvalue weighted by molar-refractivity contribution is 6.60. The van der Waals surface area contributed by atoms with Crippen LogP contribution in [0.1, 0.15) is 72.6 Å². The molecule has 2 unspecified atom stereocenters. The molecule has 0 N–H and O–H groups in total. The minimum absolute atomic E-state index is 0.176. The first kappa shape index (κ1) is 23.1. The molecule has 2 atom stereocenters. The number of epoxide rings is 1. The van der Waals surface area contributed by atoms with Gasteiger partial charge < -0.3 is 22.8 Å². The summed E-state index contributed by atoms with van der Waals surface area (Å²) in [5, 5.41) is 0. The molecule has 1 aliphatic rings. The Hall–Kier alpha value is 0.0169. The average molecular weight is 377 g/mol. The molecule has 1 rings (SSSR count). The average Bonchev–Trinajstić information content (AvgIpc) is 3.43. The van der Waals surface area contributed by atoms with E-state index < -0.39 is 8.80 Å². The van der Waals surface area contributed by atoms with E-state index in [2.05, 4.69) is 27.7 Å². The summed E-state index contributed by atoms with van der Waals surface area (Å²) in [6, 6.07) is 0.830. The molecule has 0 amide bonds. The third-order valence-electron chi connectivity index (χ3n) is 4.29. The fraction of sp³-hybridized carbons (Fsp3) is 1.00. The zero-order valence-electron chi connectivity index (χ0n) is 16.9. The van der Waals surface area contributed by atoms with Gasteiger partial charge in [-0.1, -0.05) is 40.0 Å². The summed E-state index contributed by atoms with van der Waals surface area (Å²) in [6.07, 6.45) is 7.90. The van der Waals surface area contributed by atoms with Gasteiger partial charge in [0.05, 0.1) is 19.3 Å². The minimum Gasteiger partial charge on any atom is -0.376 e. The maximum Gasteiger partial charge on any atom is 0.501 e. The highest BCUT2D eigenvalue weighted by Crippen LogP contribution is 2.22. The van der Waals surface area contributed by atoms with Crippen LogP contribution in [0, 0.1) is 0 Å². The van der Waals surface area contributed by atoms with E-state index in [-0.39, 0.29) is 6.10 Å². The summed E-state index contributed by atoms with van der Waals surface area (Å²) in [7, 11) is -2.62. The van der Waals surface area contributed by atoms with Gasteiger partial charge in [-0.3, -0.25) is 0 Å². The van der Waals surface area contributed by atoms with Crippen LogP contribution in [0.15, 0.2) is 0 Å². The fourth-order valence-corrected chi connectivity index (χ4v) is 5.17. The molecule has 1 fully saturated rings. The van der Waals surface area contributed by atoms with Gasteiger partial charge in [-0.25, -0.2) is 0 Å². The van der Waals surface area contributed by atoms with E-state index in [4.69, 9.17) is 22.8 Å². The molecule has 150 valence electrons. The second-order valence-electron chi connectivity index (χ2n) is 6.93. The zero-order chi connectivity index (χ0) is 18.4. The van der Waals surface area contributed by atoms with Gasteiger partial charge in [0.15, 0.2) is 0 Å². The van der Waals surface area contributed by atoms with Gasteiger partial charge in [0.1, 0.15) is 6.10 Å². The van der Waals surface area contributed by atoms with Crippen LogP contribution >= 0.6 is 0 Å². The summed E-state index contributed by atoms with van der Waals surface area (Å²) in [5.74, 6) is 0. The Morgan fingerprint density at radius 1 is 0.920 bits per heavy atom. The van der Waals surface area contributed by atoms with Crippen LogP contribution in [0.25, 0.3) is 0 Å². The van der Waals surface area contributed by atoms with E-state index in [0.717, 1.165) is 77.4 Å². The molecule has 0 bridgehead atoms. The third-order valence-corrected chi connectivity index (χ3v) is 7.12. The molecule has 1 heterocycles. The number of hydrogen-bond donors (Lipinski definition) is 0. The highest BCUT2D eigenvalue weighted by atomic mass is 28.4. The van der Waals surface area contributed by atoms with Crippen molar-refractivity contribution >= 4 is 8.80 Å². The van der Waals surface area contributed by atoms with E-state index in [1.54, 1.807) is 0 Å². The lowest BCUT2D eigenvalue weighted by molar-refractivity contribution is 0.0336. The number of ether oxygens (including phenoxy) is 2. The quantitative estimate of drug-likeness (QED) is 0.199. The molecular weight excluding hydrogens is 336 g/mol. The Balaban J connectivity index is 2.53. The Labute approximate surface area is 156 Å². The normalized spacial score (nSPS) is 18.5. The van der Waals surface area contributed by atoms with Crippen LogP contribution in [0.5, 0.6) is 0 Å². The topological polar surface area (TPSA) is 49.5 Å². The van der Waals surface area contributed by atoms with E-state index in [0.29, 0.717) is 12.7 Å². The van der Waals surface area contributed by atoms with Crippen molar-refractivity contribution < 1.29 is 22.8 Å². The van der Waals surface area contributed by atoms with E-state index in [1.165, 1.54) is 0 Å². The smallest absolute Gasteiger partial charge is 0.376 e. The van der Waals surface area contributed by atoms with Crippen molar-refractivity contribution in [2.45, 2.75) is 90.9 Å². The number of hydrogen-bond acceptors (Lipinski definition) is 5. The first-order valence-corrected chi connectivity index (χ1v) is 12.2. The van der Waals surface area contributed by atoms with Gasteiger partial charge in [-0.2, -0.15) is 0 Å². The number of unbranched alkanes of at least 4 members (excludes halogenated alkanes) is 3. The second kappa shape index (κ2) is 14.1. The molecule has 0 aromatic heterocycles. The fourth-order valence-electron chi connectivity index (χ4n) is 2.36. The summed E-state index contributed by atoms with van der Waals surface area (Å²) in [6.45, 7) is 12.4. The molecule has 25 heavy (non-hydrogen) atoms. The largest absolute Gasteiger partial charge is 0.501 e. The zero-order valence-corrected chi connectivity index (χ0v) is 17.9. The van der Waals surface area contributed by atoms with Crippen molar-refractivity contribution in [3.05, 3.63) is 0 Å². The molecule has 6 heteroatoms. The van der Waals surface area contributed by atoms with E-state index in [9.17, 15) is 0 Å². The van der Waals surface area contributed by atoms with Crippen molar-refractivity contribution in [1.29, 1.82) is 0 Å². The first-order chi connectivity index (χ1) is 12.2. The summed E-state index contributed by atoms with van der Waals surface area (Å²) >= 11 is 0. The van der Waals surface area contributed by atoms with E-state index in [1.807, 2.05) is 0 Å².